The van der Waals surface area contributed by atoms with E-state index in [1.807, 2.05) is 60.7 Å². The van der Waals surface area contributed by atoms with Gasteiger partial charge in [-0.3, -0.25) is 0 Å². The summed E-state index contributed by atoms with van der Waals surface area (Å²) in [5.41, 5.74) is 4.52. The van der Waals surface area contributed by atoms with Gasteiger partial charge >= 0.3 is 0 Å². The molecule has 0 aliphatic heterocycles. The summed E-state index contributed by atoms with van der Waals surface area (Å²) in [5, 5.41) is 9.82. The van der Waals surface area contributed by atoms with E-state index in [1.54, 1.807) is 34.5 Å². The van der Waals surface area contributed by atoms with Crippen LogP contribution in [-0.4, -0.2) is 33.5 Å². The summed E-state index contributed by atoms with van der Waals surface area (Å²) in [4.78, 5) is 0. The van der Waals surface area contributed by atoms with Gasteiger partial charge in [-0.25, -0.2) is 0 Å². The molecule has 4 aromatic carbocycles. The number of aryl methyl sites for hydroxylation is 4. The molecule has 0 unspecified atom stereocenters. The molecule has 4 rings (SSSR count). The summed E-state index contributed by atoms with van der Waals surface area (Å²) in [6.45, 7) is 0. The molecule has 6 nitrogen and oxygen atoms in total. The van der Waals surface area contributed by atoms with Crippen molar-refractivity contribution >= 4 is 0 Å². The number of rotatable bonds is 12. The fourth-order valence-electron chi connectivity index (χ4n) is 4.31. The van der Waals surface area contributed by atoms with E-state index >= 15 is 0 Å². The lowest BCUT2D eigenvalue weighted by atomic mass is 10.0. The number of phenols is 1. The van der Waals surface area contributed by atoms with Gasteiger partial charge in [-0.2, -0.15) is 0 Å². The number of hydrogen-bond donors (Lipinski definition) is 1. The Hall–Kier alpha value is -4.32. The van der Waals surface area contributed by atoms with Crippen LogP contribution in [-0.2, 0) is 25.7 Å². The lowest BCUT2D eigenvalue weighted by molar-refractivity contribution is 0.373. The average Bonchev–Trinajstić information content (AvgIpc) is 2.96. The van der Waals surface area contributed by atoms with Gasteiger partial charge in [0, 0.05) is 6.07 Å². The molecule has 0 aliphatic carbocycles. The highest BCUT2D eigenvalue weighted by atomic mass is 16.5. The van der Waals surface area contributed by atoms with Crippen molar-refractivity contribution < 1.29 is 28.8 Å². The number of benzene rings is 4. The maximum Gasteiger partial charge on any atom is 0.169 e. The molecule has 0 saturated heterocycles. The first-order chi connectivity index (χ1) is 18.5. The summed E-state index contributed by atoms with van der Waals surface area (Å²) < 4.78 is 28.0. The van der Waals surface area contributed by atoms with Gasteiger partial charge in [-0.15, -0.1) is 0 Å². The number of ether oxygens (including phenoxy) is 5. The van der Waals surface area contributed by atoms with Gasteiger partial charge in [-0.1, -0.05) is 24.3 Å². The van der Waals surface area contributed by atoms with Gasteiger partial charge in [0.25, 0.3) is 0 Å². The van der Waals surface area contributed by atoms with E-state index in [0.717, 1.165) is 53.9 Å². The van der Waals surface area contributed by atoms with Crippen LogP contribution in [0.25, 0.3) is 0 Å². The fourth-order valence-corrected chi connectivity index (χ4v) is 4.31. The van der Waals surface area contributed by atoms with Crippen LogP contribution in [0.5, 0.6) is 40.2 Å². The minimum absolute atomic E-state index is 0.139. The second-order valence-electron chi connectivity index (χ2n) is 8.96. The molecule has 0 fully saturated rings. The molecule has 38 heavy (non-hydrogen) atoms. The monoisotopic (exact) mass is 514 g/mol. The normalized spacial score (nSPS) is 10.6. The Morgan fingerprint density at radius 2 is 1.05 bits per heavy atom. The molecule has 0 aromatic heterocycles. The summed E-state index contributed by atoms with van der Waals surface area (Å²) in [7, 11) is 6.53. The van der Waals surface area contributed by atoms with E-state index < -0.39 is 0 Å². The minimum atomic E-state index is 0.139. The number of phenolic OH excluding ortho intramolecular Hbond substituents is 1. The Morgan fingerprint density at radius 1 is 0.474 bits per heavy atom. The molecule has 4 aromatic rings. The maximum atomic E-state index is 9.82. The van der Waals surface area contributed by atoms with E-state index in [1.165, 1.54) is 5.56 Å². The molecule has 0 bridgehead atoms. The van der Waals surface area contributed by atoms with E-state index in [-0.39, 0.29) is 5.75 Å². The molecular weight excluding hydrogens is 480 g/mol. The fraction of sp³-hybridized carbons (Fsp3) is 0.250. The van der Waals surface area contributed by atoms with Gasteiger partial charge in [-0.05, 0) is 96.5 Å². The van der Waals surface area contributed by atoms with E-state index in [2.05, 4.69) is 12.1 Å². The first-order valence-electron chi connectivity index (χ1n) is 12.5. The first kappa shape index (κ1) is 26.7. The molecule has 0 spiro atoms. The van der Waals surface area contributed by atoms with Crippen LogP contribution < -0.4 is 23.7 Å². The van der Waals surface area contributed by atoms with E-state index in [9.17, 15) is 5.11 Å². The van der Waals surface area contributed by atoms with Crippen LogP contribution in [0.2, 0.25) is 0 Å². The van der Waals surface area contributed by atoms with Crippen molar-refractivity contribution in [3.8, 4) is 40.2 Å². The van der Waals surface area contributed by atoms with Crippen LogP contribution in [0.1, 0.15) is 22.3 Å². The molecule has 0 saturated carbocycles. The molecule has 0 amide bonds. The van der Waals surface area contributed by atoms with Crippen molar-refractivity contribution in [2.45, 2.75) is 25.7 Å². The Labute approximate surface area is 224 Å². The van der Waals surface area contributed by atoms with Crippen molar-refractivity contribution in [2.75, 3.05) is 28.4 Å². The molecule has 0 atom stereocenters. The molecule has 1 N–H and O–H groups in total. The van der Waals surface area contributed by atoms with Crippen molar-refractivity contribution in [2.24, 2.45) is 0 Å². The largest absolute Gasteiger partial charge is 0.504 e. The molecular formula is C32H34O6. The minimum Gasteiger partial charge on any atom is -0.504 e. The smallest absolute Gasteiger partial charge is 0.169 e. The van der Waals surface area contributed by atoms with Crippen LogP contribution in [0.4, 0.5) is 0 Å². The lowest BCUT2D eigenvalue weighted by Crippen LogP contribution is -1.97. The van der Waals surface area contributed by atoms with Gasteiger partial charge in [0.15, 0.2) is 23.0 Å². The maximum absolute atomic E-state index is 9.82. The predicted molar refractivity (Wildman–Crippen MR) is 149 cm³/mol. The molecule has 0 radical (unpaired) electrons. The van der Waals surface area contributed by atoms with Crippen molar-refractivity contribution in [1.29, 1.82) is 0 Å². The van der Waals surface area contributed by atoms with Crippen LogP contribution in [0.15, 0.2) is 78.9 Å². The Morgan fingerprint density at radius 3 is 1.74 bits per heavy atom. The zero-order valence-electron chi connectivity index (χ0n) is 22.3. The Bertz CT molecular complexity index is 1360. The van der Waals surface area contributed by atoms with Crippen LogP contribution in [0, 0.1) is 0 Å². The summed E-state index contributed by atoms with van der Waals surface area (Å²) in [5.74, 6) is 4.19. The lowest BCUT2D eigenvalue weighted by Gasteiger charge is -2.14. The van der Waals surface area contributed by atoms with Gasteiger partial charge in [0.2, 0.25) is 0 Å². The summed E-state index contributed by atoms with van der Waals surface area (Å²) in [6, 6.07) is 25.4. The van der Waals surface area contributed by atoms with E-state index in [0.29, 0.717) is 23.0 Å². The Kier molecular flexibility index (Phi) is 8.98. The van der Waals surface area contributed by atoms with Crippen molar-refractivity contribution in [3.63, 3.8) is 0 Å². The average molecular weight is 515 g/mol. The van der Waals surface area contributed by atoms with Crippen molar-refractivity contribution in [1.82, 2.24) is 0 Å². The summed E-state index contributed by atoms with van der Waals surface area (Å²) in [6.07, 6.45) is 3.30. The topological polar surface area (TPSA) is 66.4 Å². The zero-order chi connectivity index (χ0) is 26.9. The third-order valence-electron chi connectivity index (χ3n) is 6.41. The number of methoxy groups -OCH3 is 4. The predicted octanol–water partition coefficient (Wildman–Crippen LogP) is 6.79. The third kappa shape index (κ3) is 6.91. The van der Waals surface area contributed by atoms with Crippen molar-refractivity contribution in [3.05, 3.63) is 101 Å². The first-order valence-corrected chi connectivity index (χ1v) is 12.5. The Balaban J connectivity index is 1.46. The second kappa shape index (κ2) is 12.8. The van der Waals surface area contributed by atoms with Gasteiger partial charge in [0.05, 0.1) is 28.4 Å². The second-order valence-corrected chi connectivity index (χ2v) is 8.96. The van der Waals surface area contributed by atoms with Gasteiger partial charge in [0.1, 0.15) is 17.2 Å². The number of aromatic hydroxyl groups is 1. The highest BCUT2D eigenvalue weighted by molar-refractivity contribution is 5.48. The zero-order valence-corrected chi connectivity index (χ0v) is 22.3. The van der Waals surface area contributed by atoms with Gasteiger partial charge < -0.3 is 28.8 Å². The summed E-state index contributed by atoms with van der Waals surface area (Å²) >= 11 is 0. The van der Waals surface area contributed by atoms with Crippen LogP contribution >= 0.6 is 0 Å². The standard InChI is InChI=1S/C32H34O6/c1-34-26-7-5-6-22(16-26)10-11-25-17-27(35-2)21-28(18-25)38-30-15-13-24(20-32(30)37-4)9-8-23-12-14-29(33)31(19-23)36-3/h5-7,12-21,33H,8-11H2,1-4H3. The van der Waals surface area contributed by atoms with Crippen LogP contribution in [0.3, 0.4) is 0 Å². The quantitative estimate of drug-likeness (QED) is 0.225. The third-order valence-corrected chi connectivity index (χ3v) is 6.41. The highest BCUT2D eigenvalue weighted by Gasteiger charge is 2.11. The SMILES string of the molecule is COc1cccc(CCc2cc(OC)cc(Oc3ccc(CCc4ccc(O)c(OC)c4)cc3OC)c2)c1. The molecule has 198 valence electrons. The highest BCUT2D eigenvalue weighted by Crippen LogP contribution is 2.35. The number of hydrogen-bond acceptors (Lipinski definition) is 6. The van der Waals surface area contributed by atoms with E-state index in [4.69, 9.17) is 23.7 Å². The molecule has 6 heteroatoms. The molecule has 0 aliphatic rings. The molecule has 0 heterocycles.